The summed E-state index contributed by atoms with van der Waals surface area (Å²) in [5.41, 5.74) is 0.115. The van der Waals surface area contributed by atoms with Crippen molar-refractivity contribution in [1.29, 1.82) is 0 Å². The van der Waals surface area contributed by atoms with Gasteiger partial charge in [-0.25, -0.2) is 4.98 Å². The van der Waals surface area contributed by atoms with Gasteiger partial charge in [-0.1, -0.05) is 19.3 Å². The van der Waals surface area contributed by atoms with Crippen LogP contribution in [0.2, 0.25) is 0 Å². The summed E-state index contributed by atoms with van der Waals surface area (Å²) < 4.78 is 0. The number of rotatable bonds is 5. The zero-order valence-corrected chi connectivity index (χ0v) is 11.3. The van der Waals surface area contributed by atoms with Crippen LogP contribution < -0.4 is 5.32 Å². The molecular weight excluding hydrogens is 232 g/mol. The van der Waals surface area contributed by atoms with Gasteiger partial charge in [-0.3, -0.25) is 0 Å². The third-order valence-electron chi connectivity index (χ3n) is 3.85. The van der Waals surface area contributed by atoms with E-state index in [1.54, 1.807) is 11.3 Å². The molecule has 0 aliphatic heterocycles. The highest BCUT2D eigenvalue weighted by Crippen LogP contribution is 2.35. The predicted molar refractivity (Wildman–Crippen MR) is 71.1 cm³/mol. The minimum absolute atomic E-state index is 0.115. The van der Waals surface area contributed by atoms with Crippen LogP contribution in [-0.2, 0) is 0 Å². The Bertz CT molecular complexity index is 320. The molecule has 4 heteroatoms. The second-order valence-electron chi connectivity index (χ2n) is 5.19. The molecule has 0 amide bonds. The van der Waals surface area contributed by atoms with Crippen LogP contribution in [-0.4, -0.2) is 23.2 Å². The molecule has 0 radical (unpaired) electrons. The van der Waals surface area contributed by atoms with Crippen molar-refractivity contribution in [3.05, 3.63) is 16.6 Å². The molecule has 1 saturated carbocycles. The topological polar surface area (TPSA) is 45.1 Å². The summed E-state index contributed by atoms with van der Waals surface area (Å²) in [6.45, 7) is 3.36. The van der Waals surface area contributed by atoms with Gasteiger partial charge < -0.3 is 10.4 Å². The van der Waals surface area contributed by atoms with E-state index in [2.05, 4.69) is 17.2 Å². The van der Waals surface area contributed by atoms with E-state index in [-0.39, 0.29) is 5.41 Å². The van der Waals surface area contributed by atoms with E-state index >= 15 is 0 Å². The van der Waals surface area contributed by atoms with E-state index < -0.39 is 0 Å². The summed E-state index contributed by atoms with van der Waals surface area (Å²) in [5.74, 6) is 0. The number of hydrogen-bond acceptors (Lipinski definition) is 4. The van der Waals surface area contributed by atoms with Gasteiger partial charge in [0.1, 0.15) is 5.01 Å². The molecule has 2 rings (SSSR count). The number of hydrogen-bond donors (Lipinski definition) is 2. The lowest BCUT2D eigenvalue weighted by atomic mass is 9.74. The van der Waals surface area contributed by atoms with E-state index in [9.17, 15) is 5.11 Å². The van der Waals surface area contributed by atoms with Crippen LogP contribution in [0.25, 0.3) is 0 Å². The lowest BCUT2D eigenvalue weighted by Gasteiger charge is -2.36. The zero-order valence-electron chi connectivity index (χ0n) is 10.5. The zero-order chi connectivity index (χ0) is 12.1. The first-order chi connectivity index (χ1) is 8.26. The maximum absolute atomic E-state index is 9.63. The Morgan fingerprint density at radius 2 is 2.24 bits per heavy atom. The van der Waals surface area contributed by atoms with Crippen LogP contribution in [0.1, 0.15) is 50.1 Å². The number of aromatic nitrogens is 1. The van der Waals surface area contributed by atoms with Crippen LogP contribution in [0, 0.1) is 5.41 Å². The number of nitrogens with one attached hydrogen (secondary N) is 1. The van der Waals surface area contributed by atoms with Gasteiger partial charge in [0, 0.05) is 30.1 Å². The highest BCUT2D eigenvalue weighted by Gasteiger charge is 2.31. The van der Waals surface area contributed by atoms with E-state index in [0.717, 1.165) is 24.4 Å². The predicted octanol–water partition coefficient (Wildman–Crippen LogP) is 2.74. The smallest absolute Gasteiger partial charge is 0.109 e. The molecule has 1 aromatic heterocycles. The van der Waals surface area contributed by atoms with Crippen molar-refractivity contribution in [3.8, 4) is 0 Å². The maximum Gasteiger partial charge on any atom is 0.109 e. The summed E-state index contributed by atoms with van der Waals surface area (Å²) in [5, 5.41) is 16.3. The van der Waals surface area contributed by atoms with Crippen molar-refractivity contribution in [2.24, 2.45) is 5.41 Å². The van der Waals surface area contributed by atoms with Crippen molar-refractivity contribution < 1.29 is 5.11 Å². The van der Waals surface area contributed by atoms with Gasteiger partial charge in [0.25, 0.3) is 0 Å². The quantitative estimate of drug-likeness (QED) is 0.849. The molecule has 96 valence electrons. The fourth-order valence-corrected chi connectivity index (χ4v) is 3.27. The summed E-state index contributed by atoms with van der Waals surface area (Å²) >= 11 is 1.69. The van der Waals surface area contributed by atoms with Crippen LogP contribution in [0.3, 0.4) is 0 Å². The van der Waals surface area contributed by atoms with Gasteiger partial charge in [-0.15, -0.1) is 11.3 Å². The van der Waals surface area contributed by atoms with Gasteiger partial charge in [0.15, 0.2) is 0 Å². The average Bonchev–Trinajstić information content (AvgIpc) is 2.91. The molecule has 1 atom stereocenters. The molecule has 1 aliphatic rings. The Labute approximate surface area is 107 Å². The first-order valence-electron chi connectivity index (χ1n) is 6.49. The average molecular weight is 254 g/mol. The number of nitrogens with zero attached hydrogens (tertiary/aromatic N) is 1. The normalized spacial score (nSPS) is 21.3. The molecule has 1 unspecified atom stereocenters. The van der Waals surface area contributed by atoms with Crippen molar-refractivity contribution >= 4 is 11.3 Å². The summed E-state index contributed by atoms with van der Waals surface area (Å²) in [4.78, 5) is 4.32. The Hall–Kier alpha value is -0.450. The summed E-state index contributed by atoms with van der Waals surface area (Å²) in [6.07, 6.45) is 7.99. The maximum atomic E-state index is 9.63. The molecule has 3 nitrogen and oxygen atoms in total. The van der Waals surface area contributed by atoms with Crippen LogP contribution in [0.5, 0.6) is 0 Å². The largest absolute Gasteiger partial charge is 0.396 e. The molecular formula is C13H22N2OS. The monoisotopic (exact) mass is 254 g/mol. The molecule has 1 heterocycles. The van der Waals surface area contributed by atoms with Gasteiger partial charge in [-0.05, 0) is 19.8 Å². The summed E-state index contributed by atoms with van der Waals surface area (Å²) in [7, 11) is 0. The van der Waals surface area contributed by atoms with Crippen molar-refractivity contribution in [1.82, 2.24) is 10.3 Å². The molecule has 1 fully saturated rings. The highest BCUT2D eigenvalue weighted by atomic mass is 32.1. The lowest BCUT2D eigenvalue weighted by molar-refractivity contribution is 0.0789. The first-order valence-corrected chi connectivity index (χ1v) is 7.37. The van der Waals surface area contributed by atoms with Gasteiger partial charge >= 0.3 is 0 Å². The summed E-state index contributed by atoms with van der Waals surface area (Å²) in [6, 6.07) is 0.292. The first kappa shape index (κ1) is 13.0. The van der Waals surface area contributed by atoms with Crippen LogP contribution in [0.15, 0.2) is 11.6 Å². The standard InChI is InChI=1S/C13H22N2OS/c1-11(12-14-7-8-17-12)15-9-13(10-16)5-3-2-4-6-13/h7-8,11,15-16H,2-6,9-10H2,1H3. The molecule has 17 heavy (non-hydrogen) atoms. The third-order valence-corrected chi connectivity index (χ3v) is 4.81. The SMILES string of the molecule is CC(NCC1(CO)CCCCC1)c1nccs1. The van der Waals surface area contributed by atoms with Crippen molar-refractivity contribution in [2.45, 2.75) is 45.1 Å². The second kappa shape index (κ2) is 5.94. The highest BCUT2D eigenvalue weighted by molar-refractivity contribution is 7.09. The van der Waals surface area contributed by atoms with Crippen LogP contribution in [0.4, 0.5) is 0 Å². The Balaban J connectivity index is 1.87. The fraction of sp³-hybridized carbons (Fsp3) is 0.769. The Morgan fingerprint density at radius 3 is 2.82 bits per heavy atom. The molecule has 1 aliphatic carbocycles. The van der Waals surface area contributed by atoms with E-state index in [1.165, 1.54) is 19.3 Å². The Kier molecular flexibility index (Phi) is 4.54. The van der Waals surface area contributed by atoms with Gasteiger partial charge in [-0.2, -0.15) is 0 Å². The van der Waals surface area contributed by atoms with Crippen molar-refractivity contribution in [2.75, 3.05) is 13.2 Å². The molecule has 0 saturated heterocycles. The number of thiazole rings is 1. The number of aliphatic hydroxyl groups is 1. The van der Waals surface area contributed by atoms with Crippen molar-refractivity contribution in [3.63, 3.8) is 0 Å². The Morgan fingerprint density at radius 1 is 1.47 bits per heavy atom. The van der Waals surface area contributed by atoms with E-state index in [0.29, 0.717) is 12.6 Å². The third kappa shape index (κ3) is 3.27. The van der Waals surface area contributed by atoms with Gasteiger partial charge in [0.05, 0.1) is 6.04 Å². The second-order valence-corrected chi connectivity index (χ2v) is 6.12. The molecule has 1 aromatic rings. The molecule has 2 N–H and O–H groups in total. The molecule has 0 aromatic carbocycles. The minimum Gasteiger partial charge on any atom is -0.396 e. The fourth-order valence-electron chi connectivity index (χ4n) is 2.60. The van der Waals surface area contributed by atoms with Crippen LogP contribution >= 0.6 is 11.3 Å². The van der Waals surface area contributed by atoms with E-state index in [1.807, 2.05) is 11.6 Å². The lowest BCUT2D eigenvalue weighted by Crippen LogP contribution is -2.39. The number of aliphatic hydroxyl groups excluding tert-OH is 1. The molecule has 0 spiro atoms. The molecule has 0 bridgehead atoms. The van der Waals surface area contributed by atoms with Gasteiger partial charge in [0.2, 0.25) is 0 Å². The minimum atomic E-state index is 0.115. The van der Waals surface area contributed by atoms with E-state index in [4.69, 9.17) is 0 Å².